The number of imidazole rings is 1. The monoisotopic (exact) mass is 716 g/mol. The topological polar surface area (TPSA) is 40.3 Å². The predicted octanol–water partition coefficient (Wildman–Crippen LogP) is 13.3. The van der Waals surface area contributed by atoms with Gasteiger partial charge in [0, 0.05) is 44.0 Å². The fourth-order valence-corrected chi connectivity index (χ4v) is 8.88. The van der Waals surface area contributed by atoms with Gasteiger partial charge in [0.25, 0.3) is 0 Å². The minimum Gasteiger partial charge on any atom is -0.423 e. The fraction of sp³-hybridized carbons (Fsp3) is 0. The van der Waals surface area contributed by atoms with Gasteiger partial charge in [-0.25, -0.2) is 0 Å². The van der Waals surface area contributed by atoms with Gasteiger partial charge in [-0.1, -0.05) is 127 Å². The Hall–Kier alpha value is -7.63. The van der Waals surface area contributed by atoms with E-state index in [1.165, 1.54) is 27.2 Å². The van der Waals surface area contributed by atoms with E-state index in [1.807, 2.05) is 0 Å². The summed E-state index contributed by atoms with van der Waals surface area (Å²) < 4.78 is 13.5. The van der Waals surface area contributed by atoms with Crippen molar-refractivity contribution in [1.29, 1.82) is 0 Å². The second kappa shape index (κ2) is 11.9. The number of oxazole rings is 1. The zero-order valence-corrected chi connectivity index (χ0v) is 30.2. The molecule has 0 radical (unpaired) electrons. The first-order valence-electron chi connectivity index (χ1n) is 19.0. The smallest absolute Gasteiger partial charge is 0.307 e. The highest BCUT2D eigenvalue weighted by Crippen LogP contribution is 2.44. The molecule has 0 saturated carbocycles. The van der Waals surface area contributed by atoms with Gasteiger partial charge in [0.05, 0.1) is 33.3 Å². The Morgan fingerprint density at radius 2 is 0.964 bits per heavy atom. The molecule has 0 N–H and O–H groups in total. The minimum atomic E-state index is 0.566. The number of benzene rings is 8. The Labute approximate surface area is 321 Å². The van der Waals surface area contributed by atoms with Crippen molar-refractivity contribution in [3.05, 3.63) is 194 Å². The van der Waals surface area contributed by atoms with Crippen LogP contribution in [0.3, 0.4) is 0 Å². The second-order valence-electron chi connectivity index (χ2n) is 14.4. The molecule has 0 unspecified atom stereocenters. The molecule has 8 aromatic carbocycles. The van der Waals surface area contributed by atoms with E-state index < -0.39 is 0 Å². The maximum atomic E-state index is 6.61. The predicted molar refractivity (Wildman–Crippen MR) is 230 cm³/mol. The van der Waals surface area contributed by atoms with Gasteiger partial charge < -0.3 is 13.6 Å². The van der Waals surface area contributed by atoms with Crippen molar-refractivity contribution in [2.75, 3.05) is 0 Å². The Bertz CT molecular complexity index is 3460. The molecule has 0 spiro atoms. The summed E-state index contributed by atoms with van der Waals surface area (Å²) in [7, 11) is 0. The third-order valence-corrected chi connectivity index (χ3v) is 11.3. The maximum absolute atomic E-state index is 6.61. The number of hydrogen-bond donors (Lipinski definition) is 0. The van der Waals surface area contributed by atoms with Gasteiger partial charge in [-0.05, 0) is 77.9 Å². The highest BCUT2D eigenvalue weighted by molar-refractivity contribution is 6.16. The van der Waals surface area contributed by atoms with Crippen LogP contribution in [0, 0.1) is 0 Å². The summed E-state index contributed by atoms with van der Waals surface area (Å²) in [4.78, 5) is 5.33. The van der Waals surface area contributed by atoms with Crippen molar-refractivity contribution < 1.29 is 4.42 Å². The first-order valence-corrected chi connectivity index (χ1v) is 19.0. The van der Waals surface area contributed by atoms with Crippen LogP contribution in [-0.2, 0) is 0 Å². The molecule has 0 bridgehead atoms. The zero-order valence-electron chi connectivity index (χ0n) is 30.2. The molecule has 4 aromatic heterocycles. The standard InChI is InChI=1S/C51H32N4O/c1-4-15-33(16-5-1)50-49(40-23-14-26-45-48(40)39-22-11-13-25-43(39)54(45)37-19-8-3-9-20-37)52-51-55(50)46-32-35(28-30-47(46)56-51)34-27-29-44-41(31-34)38-21-10-12-24-42(38)53(44)36-17-6-2-7-18-36/h1-32H. The van der Waals surface area contributed by atoms with Gasteiger partial charge in [0.1, 0.15) is 5.69 Å². The maximum Gasteiger partial charge on any atom is 0.307 e. The highest BCUT2D eigenvalue weighted by atomic mass is 16.4. The van der Waals surface area contributed by atoms with E-state index in [-0.39, 0.29) is 0 Å². The zero-order chi connectivity index (χ0) is 36.7. The second-order valence-corrected chi connectivity index (χ2v) is 14.4. The van der Waals surface area contributed by atoms with Gasteiger partial charge in [0.2, 0.25) is 0 Å². The van der Waals surface area contributed by atoms with Crippen LogP contribution in [0.2, 0.25) is 0 Å². The summed E-state index contributed by atoms with van der Waals surface area (Å²) in [6.45, 7) is 0. The van der Waals surface area contributed by atoms with Crippen LogP contribution >= 0.6 is 0 Å². The normalized spacial score (nSPS) is 11.9. The Kier molecular flexibility index (Phi) is 6.56. The first-order chi connectivity index (χ1) is 27.8. The Morgan fingerprint density at radius 1 is 0.393 bits per heavy atom. The largest absolute Gasteiger partial charge is 0.423 e. The van der Waals surface area contributed by atoms with E-state index in [9.17, 15) is 0 Å². The van der Waals surface area contributed by atoms with E-state index in [0.29, 0.717) is 5.84 Å². The van der Waals surface area contributed by atoms with E-state index in [4.69, 9.17) is 9.40 Å². The van der Waals surface area contributed by atoms with E-state index in [1.54, 1.807) is 0 Å². The number of para-hydroxylation sites is 4. The summed E-state index contributed by atoms with van der Waals surface area (Å²) in [6.07, 6.45) is 0. The molecular weight excluding hydrogens is 685 g/mol. The van der Waals surface area contributed by atoms with Crippen molar-refractivity contribution in [1.82, 2.24) is 18.5 Å². The first kappa shape index (κ1) is 30.8. The molecule has 5 heteroatoms. The molecular formula is C51H32N4O. The quantitative estimate of drug-likeness (QED) is 0.178. The summed E-state index contributed by atoms with van der Waals surface area (Å²) >= 11 is 0. The van der Waals surface area contributed by atoms with Crippen LogP contribution in [0.5, 0.6) is 0 Å². The van der Waals surface area contributed by atoms with Crippen LogP contribution in [0.25, 0.3) is 106 Å². The molecule has 56 heavy (non-hydrogen) atoms. The van der Waals surface area contributed by atoms with Crippen LogP contribution in [0.15, 0.2) is 199 Å². The van der Waals surface area contributed by atoms with Gasteiger partial charge in [-0.3, -0.25) is 4.40 Å². The molecule has 262 valence electrons. The highest BCUT2D eigenvalue weighted by Gasteiger charge is 2.25. The summed E-state index contributed by atoms with van der Waals surface area (Å²) in [5.41, 5.74) is 15.0. The van der Waals surface area contributed by atoms with Gasteiger partial charge in [0.15, 0.2) is 5.58 Å². The lowest BCUT2D eigenvalue weighted by molar-refractivity contribution is 0.642. The van der Waals surface area contributed by atoms with Crippen molar-refractivity contribution in [3.63, 3.8) is 0 Å². The van der Waals surface area contributed by atoms with Gasteiger partial charge in [-0.15, -0.1) is 0 Å². The fourth-order valence-electron chi connectivity index (χ4n) is 8.88. The Balaban J connectivity index is 1.10. The van der Waals surface area contributed by atoms with Crippen molar-refractivity contribution in [2.24, 2.45) is 0 Å². The third kappa shape index (κ3) is 4.46. The van der Waals surface area contributed by atoms with Gasteiger partial charge in [-0.2, -0.15) is 4.98 Å². The minimum absolute atomic E-state index is 0.566. The molecule has 0 fully saturated rings. The van der Waals surface area contributed by atoms with E-state index in [2.05, 4.69) is 208 Å². The van der Waals surface area contributed by atoms with Crippen molar-refractivity contribution in [3.8, 4) is 45.0 Å². The Morgan fingerprint density at radius 3 is 1.71 bits per heavy atom. The summed E-state index contributed by atoms with van der Waals surface area (Å²) in [6, 6.07) is 69.0. The average molecular weight is 717 g/mol. The lowest BCUT2D eigenvalue weighted by atomic mass is 9.99. The number of nitrogens with zero attached hydrogens (tertiary/aromatic N) is 4. The third-order valence-electron chi connectivity index (χ3n) is 11.3. The van der Waals surface area contributed by atoms with Crippen LogP contribution in [-0.4, -0.2) is 18.5 Å². The van der Waals surface area contributed by atoms with Gasteiger partial charge >= 0.3 is 5.84 Å². The van der Waals surface area contributed by atoms with Crippen LogP contribution < -0.4 is 0 Å². The molecule has 12 rings (SSSR count). The SMILES string of the molecule is c1ccc(-c2c(-c3cccc4c3c3ccccc3n4-c3ccccc3)nc3oc4ccc(-c5ccc6c(c5)c5ccccc5n6-c5ccccc5)cc4n23)cc1. The number of aromatic nitrogens is 4. The molecule has 0 amide bonds. The molecule has 0 aliphatic rings. The van der Waals surface area contributed by atoms with E-state index in [0.717, 1.165) is 72.5 Å². The summed E-state index contributed by atoms with van der Waals surface area (Å²) in [5.74, 6) is 0.566. The molecule has 0 atom stereocenters. The van der Waals surface area contributed by atoms with E-state index >= 15 is 0 Å². The molecule has 4 heterocycles. The van der Waals surface area contributed by atoms with Crippen LogP contribution in [0.1, 0.15) is 0 Å². The summed E-state index contributed by atoms with van der Waals surface area (Å²) in [5, 5.41) is 4.80. The lowest BCUT2D eigenvalue weighted by Crippen LogP contribution is -1.93. The molecule has 0 aliphatic heterocycles. The number of rotatable bonds is 5. The average Bonchev–Trinajstić information content (AvgIpc) is 4.01. The lowest BCUT2D eigenvalue weighted by Gasteiger charge is -2.10. The molecule has 0 aliphatic carbocycles. The number of fused-ring (bicyclic) bond motifs is 9. The van der Waals surface area contributed by atoms with Crippen molar-refractivity contribution >= 4 is 60.6 Å². The molecule has 12 aromatic rings. The van der Waals surface area contributed by atoms with Crippen LogP contribution in [0.4, 0.5) is 0 Å². The molecule has 0 saturated heterocycles. The number of hydrogen-bond acceptors (Lipinski definition) is 2. The molecule has 5 nitrogen and oxygen atoms in total. The van der Waals surface area contributed by atoms with Crippen molar-refractivity contribution in [2.45, 2.75) is 0 Å².